The monoisotopic (exact) mass is 282 g/mol. The van der Waals surface area contributed by atoms with E-state index in [1.165, 1.54) is 13.8 Å². The van der Waals surface area contributed by atoms with Crippen LogP contribution in [0.4, 0.5) is 0 Å². The molecular formula is C14H23AlO4. The van der Waals surface area contributed by atoms with Crippen LogP contribution in [0.1, 0.15) is 53.4 Å². The lowest BCUT2D eigenvalue weighted by molar-refractivity contribution is -0.126. The lowest BCUT2D eigenvalue weighted by atomic mass is 10.1. The van der Waals surface area contributed by atoms with Gasteiger partial charge in [-0.2, -0.15) is 0 Å². The van der Waals surface area contributed by atoms with Gasteiger partial charge in [0.15, 0.2) is 0 Å². The molecule has 0 spiro atoms. The fourth-order valence-corrected chi connectivity index (χ4v) is 4.19. The predicted molar refractivity (Wildman–Crippen MR) is 75.8 cm³/mol. The van der Waals surface area contributed by atoms with Crippen LogP contribution in [-0.2, 0) is 19.2 Å². The smallest absolute Gasteiger partial charge is 0.290 e. The van der Waals surface area contributed by atoms with E-state index in [1.54, 1.807) is 0 Å². The number of hydrogen-bond donors (Lipinski definition) is 0. The average Bonchev–Trinajstić information content (AvgIpc) is 2.29. The van der Waals surface area contributed by atoms with Gasteiger partial charge in [-0.05, 0) is 26.7 Å². The van der Waals surface area contributed by atoms with E-state index in [0.717, 1.165) is 0 Å². The maximum absolute atomic E-state index is 11.9. The molecule has 0 bridgehead atoms. The zero-order valence-electron chi connectivity index (χ0n) is 12.3. The third-order valence-corrected chi connectivity index (χ3v) is 6.23. The van der Waals surface area contributed by atoms with Crippen molar-refractivity contribution in [1.82, 2.24) is 0 Å². The highest BCUT2D eigenvalue weighted by Gasteiger charge is 2.34. The maximum Gasteiger partial charge on any atom is 0.290 e. The van der Waals surface area contributed by atoms with Gasteiger partial charge in [0.05, 0.1) is 0 Å². The molecule has 5 heteroatoms. The second kappa shape index (κ2) is 9.17. The van der Waals surface area contributed by atoms with Gasteiger partial charge in [-0.15, -0.1) is 0 Å². The van der Waals surface area contributed by atoms with E-state index < -0.39 is 24.8 Å². The van der Waals surface area contributed by atoms with Gasteiger partial charge < -0.3 is 19.2 Å². The van der Waals surface area contributed by atoms with Gasteiger partial charge in [-0.25, -0.2) is 0 Å². The molecule has 0 aliphatic heterocycles. The summed E-state index contributed by atoms with van der Waals surface area (Å²) in [6, 6.07) is 0. The first kappa shape index (κ1) is 18.2. The number of carbonyl (C=O) groups excluding carboxylic acids is 4. The standard InChI is InChI=1S/2C7H11O2.Al.H/c2*1-3-4-7(9)5-6(2)8;;/h2*5H,3-4H2,1-2H3;;. The highest BCUT2D eigenvalue weighted by Crippen LogP contribution is 2.21. The first-order valence-corrected chi connectivity index (χ1v) is 8.54. The predicted octanol–water partition coefficient (Wildman–Crippen LogP) is 1.92. The van der Waals surface area contributed by atoms with Crippen molar-refractivity contribution in [2.45, 2.75) is 62.9 Å². The van der Waals surface area contributed by atoms with Gasteiger partial charge >= 0.3 is 0 Å². The fraction of sp³-hybridized carbons (Fsp3) is 0.714. The van der Waals surface area contributed by atoms with Gasteiger partial charge in [0, 0.05) is 22.4 Å². The van der Waals surface area contributed by atoms with Gasteiger partial charge in [0.1, 0.15) is 23.1 Å². The average molecular weight is 282 g/mol. The Hall–Kier alpha value is -0.788. The van der Waals surface area contributed by atoms with Gasteiger partial charge in [0.2, 0.25) is 0 Å². The summed E-state index contributed by atoms with van der Waals surface area (Å²) in [6.07, 6.45) is 2.07. The summed E-state index contributed by atoms with van der Waals surface area (Å²) in [5.74, 6) is -0.587. The van der Waals surface area contributed by atoms with E-state index in [-0.39, 0.29) is 23.1 Å². The lowest BCUT2D eigenvalue weighted by Crippen LogP contribution is -2.31. The van der Waals surface area contributed by atoms with Crippen LogP contribution in [0.3, 0.4) is 0 Å². The molecule has 0 saturated carbocycles. The summed E-state index contributed by atoms with van der Waals surface area (Å²) in [5, 5.41) is 0. The van der Waals surface area contributed by atoms with E-state index in [4.69, 9.17) is 0 Å². The number of carbonyl (C=O) groups is 4. The van der Waals surface area contributed by atoms with Crippen molar-refractivity contribution >= 4 is 38.4 Å². The van der Waals surface area contributed by atoms with E-state index in [1.807, 2.05) is 13.8 Å². The van der Waals surface area contributed by atoms with Crippen molar-refractivity contribution in [3.8, 4) is 0 Å². The minimum atomic E-state index is -1.39. The lowest BCUT2D eigenvalue weighted by Gasteiger charge is -2.16. The highest BCUT2D eigenvalue weighted by atomic mass is 27.1. The summed E-state index contributed by atoms with van der Waals surface area (Å²) in [7, 11) is 0. The zero-order valence-corrected chi connectivity index (χ0v) is 13.7. The molecule has 0 N–H and O–H groups in total. The van der Waals surface area contributed by atoms with E-state index >= 15 is 0 Å². The molecule has 0 aromatic rings. The summed E-state index contributed by atoms with van der Waals surface area (Å²) in [5.41, 5.74) is 0. The maximum atomic E-state index is 11.9. The molecule has 0 aromatic carbocycles. The van der Waals surface area contributed by atoms with Crippen LogP contribution < -0.4 is 0 Å². The van der Waals surface area contributed by atoms with Gasteiger partial charge in [-0.3, -0.25) is 0 Å². The van der Waals surface area contributed by atoms with Crippen LogP contribution in [0.15, 0.2) is 0 Å². The second-order valence-corrected chi connectivity index (χ2v) is 7.10. The molecule has 2 atom stereocenters. The molecule has 4 nitrogen and oxygen atoms in total. The van der Waals surface area contributed by atoms with Crippen LogP contribution in [0.2, 0.25) is 9.56 Å². The number of rotatable bonds is 10. The van der Waals surface area contributed by atoms with E-state index in [0.29, 0.717) is 25.7 Å². The number of hydrogen-bond acceptors (Lipinski definition) is 4. The molecule has 0 rings (SSSR count). The van der Waals surface area contributed by atoms with Crippen LogP contribution in [-0.4, -0.2) is 38.4 Å². The molecule has 0 radical (unpaired) electrons. The number of ketones is 4. The van der Waals surface area contributed by atoms with E-state index in [2.05, 4.69) is 0 Å². The Kier molecular flexibility index (Phi) is 8.79. The summed E-state index contributed by atoms with van der Waals surface area (Å²) in [4.78, 5) is 47.0. The molecule has 0 aliphatic carbocycles. The SMILES string of the molecule is CCCC(=O)[CH]([AlH][CH](C(C)=O)C(=O)CCC)C(C)=O. The third-order valence-electron chi connectivity index (χ3n) is 3.22. The molecule has 19 heavy (non-hydrogen) atoms. The Morgan fingerprint density at radius 3 is 1.32 bits per heavy atom. The van der Waals surface area contributed by atoms with Gasteiger partial charge in [0.25, 0.3) is 15.2 Å². The van der Waals surface area contributed by atoms with Crippen LogP contribution in [0.25, 0.3) is 0 Å². The third kappa shape index (κ3) is 6.27. The minimum Gasteiger partial charge on any atom is -0.301 e. The number of Topliss-reactive ketones (excluding diaryl/α,β-unsaturated/α-hetero) is 4. The molecule has 0 aliphatic rings. The largest absolute Gasteiger partial charge is 0.301 e. The molecule has 0 heterocycles. The van der Waals surface area contributed by atoms with Crippen molar-refractivity contribution in [1.29, 1.82) is 0 Å². The molecule has 0 saturated heterocycles. The van der Waals surface area contributed by atoms with Crippen molar-refractivity contribution in [2.75, 3.05) is 0 Å². The first-order valence-electron chi connectivity index (χ1n) is 6.91. The van der Waals surface area contributed by atoms with Crippen molar-refractivity contribution in [3.63, 3.8) is 0 Å². The van der Waals surface area contributed by atoms with Crippen molar-refractivity contribution in [3.05, 3.63) is 0 Å². The highest BCUT2D eigenvalue weighted by molar-refractivity contribution is 6.61. The van der Waals surface area contributed by atoms with Crippen LogP contribution in [0.5, 0.6) is 0 Å². The first-order chi connectivity index (χ1) is 8.84. The topological polar surface area (TPSA) is 68.3 Å². The van der Waals surface area contributed by atoms with Crippen LogP contribution >= 0.6 is 0 Å². The van der Waals surface area contributed by atoms with E-state index in [9.17, 15) is 19.2 Å². The van der Waals surface area contributed by atoms with Gasteiger partial charge in [-0.1, -0.05) is 13.8 Å². The summed E-state index contributed by atoms with van der Waals surface area (Å²) >= 11 is -1.39. The minimum absolute atomic E-state index is 0.0998. The quantitative estimate of drug-likeness (QED) is 0.453. The fourth-order valence-electron chi connectivity index (χ4n) is 2.13. The Bertz CT molecular complexity index is 328. The molecule has 2 unspecified atom stereocenters. The Morgan fingerprint density at radius 1 is 0.789 bits per heavy atom. The van der Waals surface area contributed by atoms with Crippen molar-refractivity contribution < 1.29 is 19.2 Å². The molecular weight excluding hydrogens is 259 g/mol. The zero-order chi connectivity index (χ0) is 15.0. The molecule has 0 amide bonds. The summed E-state index contributed by atoms with van der Waals surface area (Å²) in [6.45, 7) is 6.52. The Labute approximate surface area is 121 Å². The molecule has 0 fully saturated rings. The molecule has 106 valence electrons. The Morgan fingerprint density at radius 2 is 1.11 bits per heavy atom. The van der Waals surface area contributed by atoms with Crippen LogP contribution in [0, 0.1) is 0 Å². The molecule has 0 aromatic heterocycles. The summed E-state index contributed by atoms with van der Waals surface area (Å²) < 4.78 is -1.34. The Balaban J connectivity index is 4.95. The second-order valence-electron chi connectivity index (χ2n) is 4.99. The normalized spacial score (nSPS) is 13.5. The van der Waals surface area contributed by atoms with Crippen molar-refractivity contribution in [2.24, 2.45) is 0 Å².